The summed E-state index contributed by atoms with van der Waals surface area (Å²) < 4.78 is 11.6. The quantitative estimate of drug-likeness (QED) is 0.658. The predicted molar refractivity (Wildman–Crippen MR) is 41.9 cm³/mol. The number of nitrogens with zero attached hydrogens (tertiary/aromatic N) is 1. The second kappa shape index (κ2) is 4.79. The van der Waals surface area contributed by atoms with Gasteiger partial charge in [0.15, 0.2) is 0 Å². The van der Waals surface area contributed by atoms with Gasteiger partial charge >= 0.3 is 0 Å². The summed E-state index contributed by atoms with van der Waals surface area (Å²) in [5, 5.41) is 2.91. The van der Waals surface area contributed by atoms with Crippen molar-refractivity contribution in [3.8, 4) is 0 Å². The highest BCUT2D eigenvalue weighted by Crippen LogP contribution is 1.90. The summed E-state index contributed by atoms with van der Waals surface area (Å²) in [5.74, 6) is 0. The summed E-state index contributed by atoms with van der Waals surface area (Å²) in [6.45, 7) is 0.716. The maximum absolute atomic E-state index is 11.6. The lowest BCUT2D eigenvalue weighted by Crippen LogP contribution is -2.16. The molecule has 0 unspecified atom stereocenters. The van der Waals surface area contributed by atoms with Gasteiger partial charge in [-0.15, -0.1) is 0 Å². The van der Waals surface area contributed by atoms with Crippen LogP contribution >= 0.6 is 0 Å². The lowest BCUT2D eigenvalue weighted by atomic mass is 10.3. The van der Waals surface area contributed by atoms with Crippen LogP contribution in [0.25, 0.3) is 0 Å². The summed E-state index contributed by atoms with van der Waals surface area (Å²) in [5.41, 5.74) is 0.945. The molecule has 0 amide bonds. The molecule has 11 heavy (non-hydrogen) atoms. The second-order valence-corrected chi connectivity index (χ2v) is 2.19. The van der Waals surface area contributed by atoms with E-state index in [-0.39, 0.29) is 6.67 Å². The fourth-order valence-electron chi connectivity index (χ4n) is 0.786. The van der Waals surface area contributed by atoms with Crippen molar-refractivity contribution in [2.45, 2.75) is 6.54 Å². The fraction of sp³-hybridized carbons (Fsp3) is 0.375. The zero-order valence-corrected chi connectivity index (χ0v) is 6.26. The van der Waals surface area contributed by atoms with Gasteiger partial charge in [0.2, 0.25) is 0 Å². The number of pyridine rings is 1. The molecule has 0 aliphatic rings. The van der Waals surface area contributed by atoms with E-state index in [1.807, 2.05) is 18.2 Å². The van der Waals surface area contributed by atoms with Gasteiger partial charge in [-0.1, -0.05) is 6.07 Å². The molecule has 0 spiro atoms. The Hall–Kier alpha value is -0.960. The number of alkyl halides is 1. The van der Waals surface area contributed by atoms with Crippen molar-refractivity contribution in [1.82, 2.24) is 10.3 Å². The minimum atomic E-state index is -0.327. The van der Waals surface area contributed by atoms with Gasteiger partial charge in [0.25, 0.3) is 0 Å². The predicted octanol–water partition coefficient (Wildman–Crippen LogP) is 1.14. The first-order valence-corrected chi connectivity index (χ1v) is 3.60. The molecular weight excluding hydrogens is 143 g/mol. The number of hydrogen-bond donors (Lipinski definition) is 1. The Balaban J connectivity index is 2.28. The second-order valence-electron chi connectivity index (χ2n) is 2.19. The molecule has 1 aromatic rings. The van der Waals surface area contributed by atoms with Crippen molar-refractivity contribution in [2.24, 2.45) is 0 Å². The molecule has 0 aliphatic heterocycles. The van der Waals surface area contributed by atoms with Crippen LogP contribution in [0.1, 0.15) is 5.69 Å². The highest BCUT2D eigenvalue weighted by Gasteiger charge is 1.89. The maximum Gasteiger partial charge on any atom is 0.102 e. The van der Waals surface area contributed by atoms with Gasteiger partial charge in [-0.05, 0) is 12.1 Å². The highest BCUT2D eigenvalue weighted by molar-refractivity contribution is 5.02. The average Bonchev–Trinajstić information content (AvgIpc) is 2.07. The van der Waals surface area contributed by atoms with Gasteiger partial charge in [-0.25, -0.2) is 4.39 Å². The third-order valence-corrected chi connectivity index (χ3v) is 1.30. The molecule has 1 heterocycles. The Morgan fingerprint density at radius 2 is 2.36 bits per heavy atom. The van der Waals surface area contributed by atoms with Crippen LogP contribution in [0.2, 0.25) is 0 Å². The van der Waals surface area contributed by atoms with E-state index in [1.165, 1.54) is 0 Å². The minimum Gasteiger partial charge on any atom is -0.309 e. The summed E-state index contributed by atoms with van der Waals surface area (Å²) in [4.78, 5) is 4.07. The third kappa shape index (κ3) is 3.09. The molecule has 3 heteroatoms. The van der Waals surface area contributed by atoms with E-state index in [9.17, 15) is 4.39 Å². The van der Waals surface area contributed by atoms with Crippen molar-refractivity contribution in [2.75, 3.05) is 13.2 Å². The van der Waals surface area contributed by atoms with E-state index in [2.05, 4.69) is 10.3 Å². The Kier molecular flexibility index (Phi) is 3.55. The first kappa shape index (κ1) is 8.14. The van der Waals surface area contributed by atoms with Crippen LogP contribution in [-0.2, 0) is 6.54 Å². The molecule has 60 valence electrons. The van der Waals surface area contributed by atoms with E-state index < -0.39 is 0 Å². The SMILES string of the molecule is FCCNCc1ccccn1. The van der Waals surface area contributed by atoms with E-state index in [1.54, 1.807) is 6.20 Å². The molecule has 0 atom stereocenters. The third-order valence-electron chi connectivity index (χ3n) is 1.30. The number of hydrogen-bond acceptors (Lipinski definition) is 2. The molecule has 0 bridgehead atoms. The largest absolute Gasteiger partial charge is 0.309 e. The zero-order valence-electron chi connectivity index (χ0n) is 6.26. The molecule has 0 saturated carbocycles. The van der Waals surface area contributed by atoms with Crippen molar-refractivity contribution < 1.29 is 4.39 Å². The van der Waals surface area contributed by atoms with E-state index in [0.29, 0.717) is 13.1 Å². The highest BCUT2D eigenvalue weighted by atomic mass is 19.1. The van der Waals surface area contributed by atoms with Gasteiger partial charge in [-0.3, -0.25) is 4.98 Å². The standard InChI is InChI=1S/C8H11FN2/c9-4-6-10-7-8-3-1-2-5-11-8/h1-3,5,10H,4,6-7H2. The molecule has 0 saturated heterocycles. The molecule has 0 aliphatic carbocycles. The minimum absolute atomic E-state index is 0.327. The molecule has 1 aromatic heterocycles. The van der Waals surface area contributed by atoms with Gasteiger partial charge < -0.3 is 5.32 Å². The summed E-state index contributed by atoms with van der Waals surface area (Å²) >= 11 is 0. The van der Waals surface area contributed by atoms with Crippen molar-refractivity contribution >= 4 is 0 Å². The zero-order chi connectivity index (χ0) is 7.94. The number of halogens is 1. The monoisotopic (exact) mass is 154 g/mol. The smallest absolute Gasteiger partial charge is 0.102 e. The van der Waals surface area contributed by atoms with Crippen LogP contribution < -0.4 is 5.32 Å². The van der Waals surface area contributed by atoms with Crippen LogP contribution in [0.15, 0.2) is 24.4 Å². The molecule has 0 aromatic carbocycles. The van der Waals surface area contributed by atoms with Crippen LogP contribution in [0.4, 0.5) is 4.39 Å². The Bertz CT molecular complexity index is 189. The van der Waals surface area contributed by atoms with Crippen LogP contribution in [-0.4, -0.2) is 18.2 Å². The van der Waals surface area contributed by atoms with Gasteiger partial charge in [-0.2, -0.15) is 0 Å². The normalized spacial score (nSPS) is 9.91. The Morgan fingerprint density at radius 1 is 1.45 bits per heavy atom. The average molecular weight is 154 g/mol. The van der Waals surface area contributed by atoms with E-state index >= 15 is 0 Å². The van der Waals surface area contributed by atoms with Crippen LogP contribution in [0.5, 0.6) is 0 Å². The van der Waals surface area contributed by atoms with Gasteiger partial charge in [0.05, 0.1) is 5.69 Å². The van der Waals surface area contributed by atoms with Crippen molar-refractivity contribution in [1.29, 1.82) is 0 Å². The lowest BCUT2D eigenvalue weighted by molar-refractivity contribution is 0.465. The summed E-state index contributed by atoms with van der Waals surface area (Å²) in [6.07, 6.45) is 1.73. The first-order valence-electron chi connectivity index (χ1n) is 3.60. The van der Waals surface area contributed by atoms with E-state index in [4.69, 9.17) is 0 Å². The Morgan fingerprint density at radius 3 is 3.00 bits per heavy atom. The number of rotatable bonds is 4. The number of aromatic nitrogens is 1. The van der Waals surface area contributed by atoms with Crippen molar-refractivity contribution in [3.05, 3.63) is 30.1 Å². The lowest BCUT2D eigenvalue weighted by Gasteiger charge is -1.99. The Labute approximate surface area is 65.5 Å². The van der Waals surface area contributed by atoms with Gasteiger partial charge in [0, 0.05) is 19.3 Å². The molecule has 1 rings (SSSR count). The topological polar surface area (TPSA) is 24.9 Å². The van der Waals surface area contributed by atoms with Crippen LogP contribution in [0.3, 0.4) is 0 Å². The molecule has 0 fully saturated rings. The van der Waals surface area contributed by atoms with Crippen molar-refractivity contribution in [3.63, 3.8) is 0 Å². The first-order chi connectivity index (χ1) is 5.43. The molecule has 1 N–H and O–H groups in total. The van der Waals surface area contributed by atoms with Crippen LogP contribution in [0, 0.1) is 0 Å². The fourth-order valence-corrected chi connectivity index (χ4v) is 0.786. The maximum atomic E-state index is 11.6. The van der Waals surface area contributed by atoms with Gasteiger partial charge in [0.1, 0.15) is 6.67 Å². The summed E-state index contributed by atoms with van der Waals surface area (Å²) in [7, 11) is 0. The number of nitrogens with one attached hydrogen (secondary N) is 1. The molecule has 2 nitrogen and oxygen atoms in total. The van der Waals surface area contributed by atoms with E-state index in [0.717, 1.165) is 5.69 Å². The molecule has 0 radical (unpaired) electrons. The summed E-state index contributed by atoms with van der Waals surface area (Å²) in [6, 6.07) is 5.68. The molecular formula is C8H11FN2.